The molecule has 1 aliphatic heterocycles. The Bertz CT molecular complexity index is 402. The molecule has 0 radical (unpaired) electrons. The highest BCUT2D eigenvalue weighted by molar-refractivity contribution is 5.67. The summed E-state index contributed by atoms with van der Waals surface area (Å²) in [5.41, 5.74) is 1.02. The quantitative estimate of drug-likeness (QED) is 0.899. The van der Waals surface area contributed by atoms with Gasteiger partial charge in [-0.3, -0.25) is 0 Å². The number of carbonyl (C=O) groups excluding carboxylic acids is 1. The molecule has 0 saturated carbocycles. The second-order valence-corrected chi connectivity index (χ2v) is 5.23. The van der Waals surface area contributed by atoms with Gasteiger partial charge in [-0.15, -0.1) is 0 Å². The molecule has 0 spiro atoms. The molecule has 1 saturated heterocycles. The summed E-state index contributed by atoms with van der Waals surface area (Å²) in [7, 11) is 0. The number of rotatable bonds is 5. The van der Waals surface area contributed by atoms with Crippen LogP contribution in [-0.2, 0) is 11.3 Å². The third-order valence-corrected chi connectivity index (χ3v) is 3.70. The van der Waals surface area contributed by atoms with Gasteiger partial charge in [0.25, 0.3) is 0 Å². The number of nitrogens with one attached hydrogen (secondary N) is 1. The summed E-state index contributed by atoms with van der Waals surface area (Å²) in [5.74, 6) is 0. The summed E-state index contributed by atoms with van der Waals surface area (Å²) in [5, 5.41) is 3.46. The van der Waals surface area contributed by atoms with E-state index in [1.54, 1.807) is 4.90 Å². The molecule has 20 heavy (non-hydrogen) atoms. The first kappa shape index (κ1) is 14.9. The van der Waals surface area contributed by atoms with Crippen LogP contribution < -0.4 is 5.32 Å². The van der Waals surface area contributed by atoms with Gasteiger partial charge in [-0.05, 0) is 31.9 Å². The first-order valence-corrected chi connectivity index (χ1v) is 7.48. The molecule has 0 unspecified atom stereocenters. The van der Waals surface area contributed by atoms with E-state index in [9.17, 15) is 4.79 Å². The van der Waals surface area contributed by atoms with Gasteiger partial charge in [0.2, 0.25) is 0 Å². The van der Waals surface area contributed by atoms with Crippen molar-refractivity contribution < 1.29 is 9.53 Å². The Morgan fingerprint density at radius 3 is 2.80 bits per heavy atom. The number of likely N-dealkylation sites (N-methyl/N-ethyl adjacent to an activating group) is 1. The fourth-order valence-corrected chi connectivity index (χ4v) is 2.49. The molecule has 1 heterocycles. The molecular weight excluding hydrogens is 252 g/mol. The number of carbonyl (C=O) groups is 1. The largest absolute Gasteiger partial charge is 0.445 e. The lowest BCUT2D eigenvalue weighted by Gasteiger charge is -2.29. The molecule has 4 heteroatoms. The second-order valence-electron chi connectivity index (χ2n) is 5.23. The van der Waals surface area contributed by atoms with Crippen LogP contribution in [0.25, 0.3) is 0 Å². The summed E-state index contributed by atoms with van der Waals surface area (Å²) in [6, 6.07) is 10.2. The summed E-state index contributed by atoms with van der Waals surface area (Å²) in [6.07, 6.45) is 3.40. The van der Waals surface area contributed by atoms with Crippen LogP contribution in [0, 0.1) is 0 Å². The average Bonchev–Trinajstić information content (AvgIpc) is 2.52. The van der Waals surface area contributed by atoms with Crippen LogP contribution in [0.2, 0.25) is 0 Å². The normalized spacial score (nSPS) is 18.6. The number of hydrogen-bond donors (Lipinski definition) is 1. The first-order chi connectivity index (χ1) is 9.79. The SMILES string of the molecule is CCN(C[C@H]1CCCCN1)C(=O)OCc1ccccc1. The van der Waals surface area contributed by atoms with Gasteiger partial charge in [0.05, 0.1) is 0 Å². The van der Waals surface area contributed by atoms with Gasteiger partial charge in [0.1, 0.15) is 6.61 Å². The minimum Gasteiger partial charge on any atom is -0.445 e. The number of benzene rings is 1. The van der Waals surface area contributed by atoms with Crippen LogP contribution in [0.3, 0.4) is 0 Å². The molecule has 110 valence electrons. The molecule has 1 aromatic carbocycles. The highest BCUT2D eigenvalue weighted by atomic mass is 16.6. The van der Waals surface area contributed by atoms with Gasteiger partial charge in [0.15, 0.2) is 0 Å². The Labute approximate surface area is 121 Å². The van der Waals surface area contributed by atoms with Crippen molar-refractivity contribution in [2.75, 3.05) is 19.6 Å². The van der Waals surface area contributed by atoms with E-state index < -0.39 is 0 Å². The van der Waals surface area contributed by atoms with Gasteiger partial charge in [0, 0.05) is 19.1 Å². The van der Waals surface area contributed by atoms with Crippen LogP contribution in [-0.4, -0.2) is 36.7 Å². The molecule has 0 bridgehead atoms. The van der Waals surface area contributed by atoms with E-state index in [1.165, 1.54) is 12.8 Å². The van der Waals surface area contributed by atoms with E-state index in [4.69, 9.17) is 4.74 Å². The third-order valence-electron chi connectivity index (χ3n) is 3.70. The number of nitrogens with zero attached hydrogens (tertiary/aromatic N) is 1. The van der Waals surface area contributed by atoms with Crippen molar-refractivity contribution in [3.63, 3.8) is 0 Å². The molecule has 1 aromatic rings. The second kappa shape index (κ2) is 7.90. The van der Waals surface area contributed by atoms with E-state index >= 15 is 0 Å². The van der Waals surface area contributed by atoms with Crippen LogP contribution in [0.4, 0.5) is 4.79 Å². The molecule has 1 fully saturated rings. The van der Waals surface area contributed by atoms with Gasteiger partial charge < -0.3 is 15.0 Å². The van der Waals surface area contributed by atoms with Crippen molar-refractivity contribution in [1.29, 1.82) is 0 Å². The van der Waals surface area contributed by atoms with Crippen molar-refractivity contribution in [1.82, 2.24) is 10.2 Å². The molecule has 1 atom stereocenters. The molecule has 2 rings (SSSR count). The number of hydrogen-bond acceptors (Lipinski definition) is 3. The van der Waals surface area contributed by atoms with E-state index in [-0.39, 0.29) is 6.09 Å². The Morgan fingerprint density at radius 1 is 1.35 bits per heavy atom. The van der Waals surface area contributed by atoms with E-state index in [0.29, 0.717) is 19.2 Å². The molecule has 1 aliphatic rings. The van der Waals surface area contributed by atoms with Crippen LogP contribution in [0.1, 0.15) is 31.7 Å². The average molecular weight is 276 g/mol. The Balaban J connectivity index is 1.79. The number of ether oxygens (including phenoxy) is 1. The maximum Gasteiger partial charge on any atom is 0.410 e. The van der Waals surface area contributed by atoms with E-state index in [2.05, 4.69) is 5.32 Å². The fraction of sp³-hybridized carbons (Fsp3) is 0.562. The standard InChI is InChI=1S/C16H24N2O2/c1-2-18(12-15-10-6-7-11-17-15)16(19)20-13-14-8-4-3-5-9-14/h3-5,8-9,15,17H,2,6-7,10-13H2,1H3/t15-/m1/s1. The zero-order valence-electron chi connectivity index (χ0n) is 12.2. The summed E-state index contributed by atoms with van der Waals surface area (Å²) in [4.78, 5) is 13.9. The maximum absolute atomic E-state index is 12.1. The van der Waals surface area contributed by atoms with Crippen molar-refractivity contribution in [2.45, 2.75) is 38.8 Å². The predicted octanol–water partition coefficient (Wildman–Crippen LogP) is 2.79. The maximum atomic E-state index is 12.1. The van der Waals surface area contributed by atoms with Crippen molar-refractivity contribution in [3.05, 3.63) is 35.9 Å². The van der Waals surface area contributed by atoms with Gasteiger partial charge in [-0.1, -0.05) is 36.8 Å². The molecular formula is C16H24N2O2. The van der Waals surface area contributed by atoms with E-state index in [0.717, 1.165) is 25.1 Å². The lowest BCUT2D eigenvalue weighted by Crippen LogP contribution is -2.45. The summed E-state index contributed by atoms with van der Waals surface area (Å²) < 4.78 is 5.38. The molecule has 0 aliphatic carbocycles. The first-order valence-electron chi connectivity index (χ1n) is 7.48. The number of amides is 1. The molecule has 4 nitrogen and oxygen atoms in total. The minimum atomic E-state index is -0.219. The summed E-state index contributed by atoms with van der Waals surface area (Å²) >= 11 is 0. The van der Waals surface area contributed by atoms with Gasteiger partial charge in [-0.25, -0.2) is 4.79 Å². The third kappa shape index (κ3) is 4.53. The van der Waals surface area contributed by atoms with Gasteiger partial charge >= 0.3 is 6.09 Å². The fourth-order valence-electron chi connectivity index (χ4n) is 2.49. The highest BCUT2D eigenvalue weighted by Gasteiger charge is 2.20. The Hall–Kier alpha value is -1.55. The van der Waals surface area contributed by atoms with Crippen LogP contribution in [0.5, 0.6) is 0 Å². The topological polar surface area (TPSA) is 41.6 Å². The summed E-state index contributed by atoms with van der Waals surface area (Å²) in [6.45, 7) is 4.82. The molecule has 0 aromatic heterocycles. The minimum absolute atomic E-state index is 0.219. The van der Waals surface area contributed by atoms with E-state index in [1.807, 2.05) is 37.3 Å². The predicted molar refractivity (Wildman–Crippen MR) is 79.5 cm³/mol. The lowest BCUT2D eigenvalue weighted by atomic mass is 10.0. The van der Waals surface area contributed by atoms with Crippen LogP contribution >= 0.6 is 0 Å². The van der Waals surface area contributed by atoms with Crippen LogP contribution in [0.15, 0.2) is 30.3 Å². The Kier molecular flexibility index (Phi) is 5.87. The monoisotopic (exact) mass is 276 g/mol. The lowest BCUT2D eigenvalue weighted by molar-refractivity contribution is 0.0929. The smallest absolute Gasteiger partial charge is 0.410 e. The zero-order chi connectivity index (χ0) is 14.2. The zero-order valence-corrected chi connectivity index (χ0v) is 12.2. The highest BCUT2D eigenvalue weighted by Crippen LogP contribution is 2.10. The van der Waals surface area contributed by atoms with Crippen molar-refractivity contribution in [3.8, 4) is 0 Å². The van der Waals surface area contributed by atoms with Gasteiger partial charge in [-0.2, -0.15) is 0 Å². The molecule has 1 N–H and O–H groups in total. The number of piperidine rings is 1. The van der Waals surface area contributed by atoms with Crippen molar-refractivity contribution >= 4 is 6.09 Å². The molecule has 1 amide bonds. The van der Waals surface area contributed by atoms with Crippen molar-refractivity contribution in [2.24, 2.45) is 0 Å². The Morgan fingerprint density at radius 2 is 2.15 bits per heavy atom.